The number of amides is 1. The molecular formula is C15H15F3N2O2. The standard InChI is InChI=1S/C15H15F3N2O2/c1-9-13(10(2)22-19-9)7-15(21)20(8-14(17)18)12-5-3-11(16)4-6-12/h3-6,14H,7-8H2,1-2H3. The Morgan fingerprint density at radius 1 is 1.27 bits per heavy atom. The largest absolute Gasteiger partial charge is 0.361 e. The van der Waals surface area contributed by atoms with Gasteiger partial charge in [-0.05, 0) is 38.1 Å². The summed E-state index contributed by atoms with van der Waals surface area (Å²) in [6.07, 6.45) is -2.80. The van der Waals surface area contributed by atoms with Gasteiger partial charge in [0.25, 0.3) is 6.43 Å². The smallest absolute Gasteiger partial charge is 0.256 e. The van der Waals surface area contributed by atoms with Crippen LogP contribution < -0.4 is 4.90 Å². The number of carbonyl (C=O) groups is 1. The predicted octanol–water partition coefficient (Wildman–Crippen LogP) is 3.27. The molecule has 0 saturated heterocycles. The molecule has 0 spiro atoms. The Morgan fingerprint density at radius 3 is 2.41 bits per heavy atom. The maximum atomic E-state index is 13.0. The van der Waals surface area contributed by atoms with Crippen molar-refractivity contribution >= 4 is 11.6 Å². The highest BCUT2D eigenvalue weighted by molar-refractivity contribution is 5.95. The lowest BCUT2D eigenvalue weighted by Gasteiger charge is -2.22. The van der Waals surface area contributed by atoms with Crippen molar-refractivity contribution in [2.45, 2.75) is 26.7 Å². The summed E-state index contributed by atoms with van der Waals surface area (Å²) >= 11 is 0. The van der Waals surface area contributed by atoms with E-state index in [0.717, 1.165) is 17.0 Å². The monoisotopic (exact) mass is 312 g/mol. The Balaban J connectivity index is 2.25. The third-order valence-electron chi connectivity index (χ3n) is 3.27. The van der Waals surface area contributed by atoms with Gasteiger partial charge in [-0.25, -0.2) is 13.2 Å². The first-order chi connectivity index (χ1) is 10.4. The van der Waals surface area contributed by atoms with E-state index in [0.29, 0.717) is 17.0 Å². The molecule has 1 amide bonds. The van der Waals surface area contributed by atoms with E-state index in [-0.39, 0.29) is 12.1 Å². The normalized spacial score (nSPS) is 11.0. The summed E-state index contributed by atoms with van der Waals surface area (Å²) in [5, 5.41) is 3.73. The SMILES string of the molecule is Cc1noc(C)c1CC(=O)N(CC(F)F)c1ccc(F)cc1. The summed E-state index contributed by atoms with van der Waals surface area (Å²) in [5.41, 5.74) is 1.34. The number of rotatable bonds is 5. The fourth-order valence-corrected chi connectivity index (χ4v) is 2.11. The van der Waals surface area contributed by atoms with Crippen LogP contribution in [0.5, 0.6) is 0 Å². The average Bonchev–Trinajstić information content (AvgIpc) is 2.77. The van der Waals surface area contributed by atoms with Crippen molar-refractivity contribution in [2.24, 2.45) is 0 Å². The first-order valence-electron chi connectivity index (χ1n) is 6.64. The summed E-state index contributed by atoms with van der Waals surface area (Å²) in [5.74, 6) is -0.554. The van der Waals surface area contributed by atoms with E-state index < -0.39 is 24.7 Å². The van der Waals surface area contributed by atoms with Gasteiger partial charge in [0.1, 0.15) is 11.6 Å². The Hall–Kier alpha value is -2.31. The van der Waals surface area contributed by atoms with Crippen LogP contribution in [-0.2, 0) is 11.2 Å². The first kappa shape index (κ1) is 16.1. The summed E-state index contributed by atoms with van der Waals surface area (Å²) < 4.78 is 43.4. The first-order valence-corrected chi connectivity index (χ1v) is 6.64. The maximum absolute atomic E-state index is 13.0. The van der Waals surface area contributed by atoms with Crippen LogP contribution in [0.2, 0.25) is 0 Å². The van der Waals surface area contributed by atoms with Crippen molar-refractivity contribution in [1.82, 2.24) is 5.16 Å². The molecule has 1 heterocycles. The molecule has 0 fully saturated rings. The Bertz CT molecular complexity index is 634. The van der Waals surface area contributed by atoms with Gasteiger partial charge in [0.05, 0.1) is 18.7 Å². The zero-order valence-electron chi connectivity index (χ0n) is 12.1. The van der Waals surface area contributed by atoms with E-state index in [1.165, 1.54) is 12.1 Å². The molecule has 1 aromatic carbocycles. The van der Waals surface area contributed by atoms with Crippen molar-refractivity contribution in [1.29, 1.82) is 0 Å². The molecule has 7 heteroatoms. The summed E-state index contributed by atoms with van der Waals surface area (Å²) in [6, 6.07) is 4.83. The predicted molar refractivity (Wildman–Crippen MR) is 74.4 cm³/mol. The number of aryl methyl sites for hydroxylation is 2. The number of carbonyl (C=O) groups excluding carboxylic acids is 1. The molecule has 0 aliphatic heterocycles. The number of halogens is 3. The van der Waals surface area contributed by atoms with E-state index in [4.69, 9.17) is 4.52 Å². The lowest BCUT2D eigenvalue weighted by Crippen LogP contribution is -2.36. The van der Waals surface area contributed by atoms with Crippen LogP contribution in [0.25, 0.3) is 0 Å². The van der Waals surface area contributed by atoms with Gasteiger partial charge in [0, 0.05) is 11.3 Å². The molecular weight excluding hydrogens is 297 g/mol. The minimum absolute atomic E-state index is 0.106. The van der Waals surface area contributed by atoms with Gasteiger partial charge >= 0.3 is 0 Å². The van der Waals surface area contributed by atoms with Crippen molar-refractivity contribution in [3.63, 3.8) is 0 Å². The number of nitrogens with zero attached hydrogens (tertiary/aromatic N) is 2. The summed E-state index contributed by atoms with van der Waals surface area (Å²) in [7, 11) is 0. The van der Waals surface area contributed by atoms with Gasteiger partial charge in [0.2, 0.25) is 5.91 Å². The molecule has 22 heavy (non-hydrogen) atoms. The minimum Gasteiger partial charge on any atom is -0.361 e. The molecule has 0 aliphatic carbocycles. The molecule has 0 saturated carbocycles. The molecule has 0 N–H and O–H groups in total. The van der Waals surface area contributed by atoms with E-state index in [2.05, 4.69) is 5.16 Å². The molecule has 0 unspecified atom stereocenters. The highest BCUT2D eigenvalue weighted by Crippen LogP contribution is 2.20. The van der Waals surface area contributed by atoms with Crippen LogP contribution in [0.4, 0.5) is 18.9 Å². The molecule has 0 radical (unpaired) electrons. The van der Waals surface area contributed by atoms with Gasteiger partial charge in [-0.15, -0.1) is 0 Å². The highest BCUT2D eigenvalue weighted by atomic mass is 19.3. The van der Waals surface area contributed by atoms with Gasteiger partial charge in [-0.3, -0.25) is 4.79 Å². The minimum atomic E-state index is -2.70. The molecule has 0 aliphatic rings. The summed E-state index contributed by atoms with van der Waals surface area (Å²) in [4.78, 5) is 13.3. The van der Waals surface area contributed by atoms with Gasteiger partial charge in [0.15, 0.2) is 0 Å². The van der Waals surface area contributed by atoms with E-state index >= 15 is 0 Å². The quantitative estimate of drug-likeness (QED) is 0.851. The maximum Gasteiger partial charge on any atom is 0.256 e. The van der Waals surface area contributed by atoms with Crippen LogP contribution >= 0.6 is 0 Å². The third kappa shape index (κ3) is 3.66. The number of anilines is 1. The van der Waals surface area contributed by atoms with Gasteiger partial charge in [-0.1, -0.05) is 5.16 Å². The number of alkyl halides is 2. The van der Waals surface area contributed by atoms with Crippen LogP contribution in [0, 0.1) is 19.7 Å². The Kier molecular flexibility index (Phi) is 4.85. The fraction of sp³-hybridized carbons (Fsp3) is 0.333. The molecule has 2 aromatic rings. The molecule has 2 rings (SSSR count). The van der Waals surface area contributed by atoms with E-state index in [9.17, 15) is 18.0 Å². The van der Waals surface area contributed by atoms with Crippen molar-refractivity contribution in [3.8, 4) is 0 Å². The second-order valence-electron chi connectivity index (χ2n) is 4.85. The zero-order chi connectivity index (χ0) is 16.3. The molecule has 4 nitrogen and oxygen atoms in total. The number of aromatic nitrogens is 1. The number of hydrogen-bond acceptors (Lipinski definition) is 3. The Labute approximate surface area is 125 Å². The van der Waals surface area contributed by atoms with Crippen LogP contribution in [-0.4, -0.2) is 24.0 Å². The lowest BCUT2D eigenvalue weighted by atomic mass is 10.1. The number of benzene rings is 1. The second kappa shape index (κ2) is 6.64. The van der Waals surface area contributed by atoms with Gasteiger partial charge < -0.3 is 9.42 Å². The lowest BCUT2D eigenvalue weighted by molar-refractivity contribution is -0.118. The van der Waals surface area contributed by atoms with Crippen LogP contribution in [0.15, 0.2) is 28.8 Å². The van der Waals surface area contributed by atoms with Crippen molar-refractivity contribution in [3.05, 3.63) is 47.1 Å². The highest BCUT2D eigenvalue weighted by Gasteiger charge is 2.23. The fourth-order valence-electron chi connectivity index (χ4n) is 2.11. The topological polar surface area (TPSA) is 46.3 Å². The number of hydrogen-bond donors (Lipinski definition) is 0. The van der Waals surface area contributed by atoms with E-state index in [1.807, 2.05) is 0 Å². The Morgan fingerprint density at radius 2 is 1.91 bits per heavy atom. The van der Waals surface area contributed by atoms with Crippen LogP contribution in [0.1, 0.15) is 17.0 Å². The average molecular weight is 312 g/mol. The summed E-state index contributed by atoms with van der Waals surface area (Å²) in [6.45, 7) is 2.57. The van der Waals surface area contributed by atoms with Crippen molar-refractivity contribution < 1.29 is 22.5 Å². The zero-order valence-corrected chi connectivity index (χ0v) is 12.1. The molecule has 118 valence electrons. The second-order valence-corrected chi connectivity index (χ2v) is 4.85. The third-order valence-corrected chi connectivity index (χ3v) is 3.27. The molecule has 1 aromatic heterocycles. The van der Waals surface area contributed by atoms with E-state index in [1.54, 1.807) is 13.8 Å². The van der Waals surface area contributed by atoms with Crippen LogP contribution in [0.3, 0.4) is 0 Å². The molecule has 0 bridgehead atoms. The van der Waals surface area contributed by atoms with Crippen molar-refractivity contribution in [2.75, 3.05) is 11.4 Å². The van der Waals surface area contributed by atoms with Gasteiger partial charge in [-0.2, -0.15) is 0 Å². The molecule has 0 atom stereocenters.